The molecular weight excluding hydrogens is 284 g/mol. The van der Waals surface area contributed by atoms with Gasteiger partial charge in [0.2, 0.25) is 5.72 Å². The van der Waals surface area contributed by atoms with Gasteiger partial charge in [-0.3, -0.25) is 14.9 Å². The Morgan fingerprint density at radius 1 is 1.55 bits per heavy atom. The number of carbonyl (C=O) groups excluding carboxylic acids is 1. The first-order valence-electron chi connectivity index (χ1n) is 5.41. The smallest absolute Gasteiger partial charge is 0.295 e. The second-order valence-corrected chi connectivity index (χ2v) is 4.22. The number of carbonyl (C=O) groups is 1. The van der Waals surface area contributed by atoms with E-state index in [1.807, 2.05) is 0 Å². The van der Waals surface area contributed by atoms with Crippen molar-refractivity contribution < 1.29 is 27.5 Å². The normalized spacial score (nSPS) is 22.4. The summed E-state index contributed by atoms with van der Waals surface area (Å²) in [7, 11) is 1.49. The SMILES string of the molecule is Cn1ccc(C(=O)N2NC(=C(F)F)CC2(O)C(F)F)n1. The van der Waals surface area contributed by atoms with E-state index in [1.165, 1.54) is 24.0 Å². The number of hydrogen-bond donors (Lipinski definition) is 2. The lowest BCUT2D eigenvalue weighted by molar-refractivity contribution is -0.168. The van der Waals surface area contributed by atoms with Crippen molar-refractivity contribution >= 4 is 5.91 Å². The van der Waals surface area contributed by atoms with Crippen LogP contribution in [0.5, 0.6) is 0 Å². The third-order valence-electron chi connectivity index (χ3n) is 2.78. The van der Waals surface area contributed by atoms with E-state index < -0.39 is 36.3 Å². The van der Waals surface area contributed by atoms with E-state index in [0.29, 0.717) is 0 Å². The second-order valence-electron chi connectivity index (χ2n) is 4.22. The van der Waals surface area contributed by atoms with Gasteiger partial charge in [0, 0.05) is 13.2 Å². The van der Waals surface area contributed by atoms with Crippen molar-refractivity contribution in [1.82, 2.24) is 20.2 Å². The monoisotopic (exact) mass is 294 g/mol. The highest BCUT2D eigenvalue weighted by Gasteiger charge is 2.53. The number of halogens is 4. The van der Waals surface area contributed by atoms with Gasteiger partial charge in [0.1, 0.15) is 5.70 Å². The zero-order valence-corrected chi connectivity index (χ0v) is 10.1. The van der Waals surface area contributed by atoms with Crippen LogP contribution in [0, 0.1) is 0 Å². The second kappa shape index (κ2) is 4.78. The zero-order valence-electron chi connectivity index (χ0n) is 10.1. The summed E-state index contributed by atoms with van der Waals surface area (Å²) >= 11 is 0. The average molecular weight is 294 g/mol. The summed E-state index contributed by atoms with van der Waals surface area (Å²) in [6.45, 7) is 0. The topological polar surface area (TPSA) is 70.4 Å². The van der Waals surface area contributed by atoms with E-state index in [1.54, 1.807) is 5.43 Å². The van der Waals surface area contributed by atoms with Crippen LogP contribution in [0.3, 0.4) is 0 Å². The molecule has 1 fully saturated rings. The molecule has 6 nitrogen and oxygen atoms in total. The number of aryl methyl sites for hydroxylation is 1. The maximum atomic E-state index is 12.9. The summed E-state index contributed by atoms with van der Waals surface area (Å²) < 4.78 is 52.1. The number of alkyl halides is 2. The van der Waals surface area contributed by atoms with Crippen LogP contribution in [0.4, 0.5) is 17.6 Å². The molecule has 1 aromatic heterocycles. The van der Waals surface area contributed by atoms with Gasteiger partial charge in [-0.1, -0.05) is 0 Å². The molecule has 1 aliphatic heterocycles. The fraction of sp³-hybridized carbons (Fsp3) is 0.400. The molecule has 0 aromatic carbocycles. The van der Waals surface area contributed by atoms with E-state index in [9.17, 15) is 27.5 Å². The number of hydrogen-bond acceptors (Lipinski definition) is 4. The number of aromatic nitrogens is 2. The quantitative estimate of drug-likeness (QED) is 0.793. The van der Waals surface area contributed by atoms with Gasteiger partial charge >= 0.3 is 0 Å². The van der Waals surface area contributed by atoms with Crippen LogP contribution < -0.4 is 5.43 Å². The summed E-state index contributed by atoms with van der Waals surface area (Å²) in [5.74, 6) is -1.13. The Morgan fingerprint density at radius 3 is 2.65 bits per heavy atom. The van der Waals surface area contributed by atoms with Gasteiger partial charge in [0.05, 0.1) is 6.42 Å². The Hall–Kier alpha value is -2.10. The predicted molar refractivity (Wildman–Crippen MR) is 57.3 cm³/mol. The molecule has 110 valence electrons. The molecule has 1 amide bonds. The van der Waals surface area contributed by atoms with Gasteiger partial charge in [-0.2, -0.15) is 13.9 Å². The molecular formula is C10H10F4N4O2. The third-order valence-corrected chi connectivity index (χ3v) is 2.78. The van der Waals surface area contributed by atoms with Crippen LogP contribution >= 0.6 is 0 Å². The molecule has 1 atom stereocenters. The number of rotatable bonds is 2. The molecule has 20 heavy (non-hydrogen) atoms. The molecule has 1 aromatic rings. The maximum absolute atomic E-state index is 12.9. The summed E-state index contributed by atoms with van der Waals surface area (Å²) in [5.41, 5.74) is -2.44. The lowest BCUT2D eigenvalue weighted by Crippen LogP contribution is -2.55. The first kappa shape index (κ1) is 14.3. The average Bonchev–Trinajstić information content (AvgIpc) is 2.93. The molecule has 2 rings (SSSR count). The van der Waals surface area contributed by atoms with Crippen molar-refractivity contribution in [2.24, 2.45) is 7.05 Å². The Kier molecular flexibility index (Phi) is 3.42. The van der Waals surface area contributed by atoms with Crippen molar-refractivity contribution in [3.8, 4) is 0 Å². The highest BCUT2D eigenvalue weighted by Crippen LogP contribution is 2.35. The van der Waals surface area contributed by atoms with Gasteiger partial charge in [-0.05, 0) is 6.07 Å². The molecule has 2 heterocycles. The van der Waals surface area contributed by atoms with E-state index in [-0.39, 0.29) is 10.7 Å². The molecule has 0 bridgehead atoms. The molecule has 0 aliphatic carbocycles. The van der Waals surface area contributed by atoms with Gasteiger partial charge < -0.3 is 5.11 Å². The molecule has 1 aliphatic rings. The van der Waals surface area contributed by atoms with Crippen LogP contribution in [-0.2, 0) is 7.05 Å². The molecule has 1 unspecified atom stereocenters. The Morgan fingerprint density at radius 2 is 2.20 bits per heavy atom. The minimum atomic E-state index is -3.43. The van der Waals surface area contributed by atoms with E-state index in [4.69, 9.17) is 0 Å². The summed E-state index contributed by atoms with van der Waals surface area (Å²) in [4.78, 5) is 12.0. The fourth-order valence-electron chi connectivity index (χ4n) is 1.76. The Bertz CT molecular complexity index is 569. The number of hydrazine groups is 1. The Labute approximate surface area is 110 Å². The lowest BCUT2D eigenvalue weighted by Gasteiger charge is -2.30. The van der Waals surface area contributed by atoms with Gasteiger partial charge in [0.25, 0.3) is 18.4 Å². The van der Waals surface area contributed by atoms with Gasteiger partial charge in [0.15, 0.2) is 5.69 Å². The lowest BCUT2D eigenvalue weighted by atomic mass is 10.1. The fourth-order valence-corrected chi connectivity index (χ4v) is 1.76. The number of nitrogens with one attached hydrogen (secondary N) is 1. The summed E-state index contributed by atoms with van der Waals surface area (Å²) in [6.07, 6.45) is -5.43. The minimum absolute atomic E-state index is 0.0779. The van der Waals surface area contributed by atoms with Crippen molar-refractivity contribution in [1.29, 1.82) is 0 Å². The highest BCUT2D eigenvalue weighted by atomic mass is 19.3. The van der Waals surface area contributed by atoms with E-state index in [2.05, 4.69) is 5.10 Å². The van der Waals surface area contributed by atoms with E-state index in [0.717, 1.165) is 0 Å². The predicted octanol–water partition coefficient (Wildman–Crippen LogP) is 0.832. The van der Waals surface area contributed by atoms with Crippen LogP contribution in [0.1, 0.15) is 16.9 Å². The van der Waals surface area contributed by atoms with Gasteiger partial charge in [-0.15, -0.1) is 0 Å². The van der Waals surface area contributed by atoms with Crippen molar-refractivity contribution in [3.63, 3.8) is 0 Å². The van der Waals surface area contributed by atoms with Crippen LogP contribution in [0.25, 0.3) is 0 Å². The molecule has 0 spiro atoms. The number of nitrogens with zero attached hydrogens (tertiary/aromatic N) is 3. The third kappa shape index (κ3) is 2.22. The first-order valence-corrected chi connectivity index (χ1v) is 5.41. The van der Waals surface area contributed by atoms with Crippen LogP contribution in [0.2, 0.25) is 0 Å². The molecule has 0 radical (unpaired) electrons. The van der Waals surface area contributed by atoms with Crippen LogP contribution in [0.15, 0.2) is 24.0 Å². The number of aliphatic hydroxyl groups is 1. The van der Waals surface area contributed by atoms with Crippen molar-refractivity contribution in [2.75, 3.05) is 0 Å². The highest BCUT2D eigenvalue weighted by molar-refractivity contribution is 5.92. The molecule has 0 saturated carbocycles. The van der Waals surface area contributed by atoms with Crippen LogP contribution in [-0.4, -0.2) is 38.0 Å². The van der Waals surface area contributed by atoms with Gasteiger partial charge in [-0.25, -0.2) is 13.8 Å². The Balaban J connectivity index is 2.38. The summed E-state index contributed by atoms with van der Waals surface area (Å²) in [6, 6.07) is 1.21. The van der Waals surface area contributed by atoms with Crippen molar-refractivity contribution in [2.45, 2.75) is 18.6 Å². The standard InChI is InChI=1S/C10H10F4N4O2/c1-17-3-2-5(15-17)8(19)18-10(20,9(13)14)4-6(16-18)7(11)12/h2-3,9,16,20H,4H2,1H3. The zero-order chi connectivity index (χ0) is 15.1. The summed E-state index contributed by atoms with van der Waals surface area (Å²) in [5, 5.41) is 13.5. The maximum Gasteiger partial charge on any atom is 0.295 e. The first-order chi connectivity index (χ1) is 9.25. The minimum Gasteiger partial charge on any atom is -0.364 e. The largest absolute Gasteiger partial charge is 0.364 e. The molecule has 2 N–H and O–H groups in total. The van der Waals surface area contributed by atoms with E-state index >= 15 is 0 Å². The molecule has 10 heteroatoms. The number of amides is 1. The van der Waals surface area contributed by atoms with Crippen molar-refractivity contribution in [3.05, 3.63) is 29.7 Å². The molecule has 1 saturated heterocycles.